The SMILES string of the molecule is CC(C(N)=NO)N1CCN(C(=O)C2CCCC2)CC1. The number of oxime groups is 1. The second-order valence-corrected chi connectivity index (χ2v) is 5.54. The second kappa shape index (κ2) is 6.23. The summed E-state index contributed by atoms with van der Waals surface area (Å²) in [6.45, 7) is 4.99. The van der Waals surface area contributed by atoms with Gasteiger partial charge in [-0.1, -0.05) is 18.0 Å². The maximum absolute atomic E-state index is 12.3. The molecule has 1 aliphatic heterocycles. The highest BCUT2D eigenvalue weighted by molar-refractivity contribution is 5.84. The van der Waals surface area contributed by atoms with E-state index >= 15 is 0 Å². The van der Waals surface area contributed by atoms with Gasteiger partial charge < -0.3 is 15.8 Å². The number of amides is 1. The third-order valence-corrected chi connectivity index (χ3v) is 4.42. The summed E-state index contributed by atoms with van der Waals surface area (Å²) in [4.78, 5) is 16.4. The lowest BCUT2D eigenvalue weighted by Crippen LogP contribution is -2.55. The Morgan fingerprint density at radius 2 is 1.84 bits per heavy atom. The minimum Gasteiger partial charge on any atom is -0.409 e. The molecular formula is C13H24N4O2. The molecule has 1 saturated heterocycles. The normalized spacial score (nSPS) is 24.7. The fourth-order valence-corrected chi connectivity index (χ4v) is 3.03. The molecule has 1 amide bonds. The van der Waals surface area contributed by atoms with Crippen LogP contribution in [0.25, 0.3) is 0 Å². The fourth-order valence-electron chi connectivity index (χ4n) is 3.03. The van der Waals surface area contributed by atoms with Crippen molar-refractivity contribution in [3.63, 3.8) is 0 Å². The lowest BCUT2D eigenvalue weighted by atomic mass is 10.1. The van der Waals surface area contributed by atoms with Crippen molar-refractivity contribution >= 4 is 11.7 Å². The Morgan fingerprint density at radius 1 is 1.26 bits per heavy atom. The van der Waals surface area contributed by atoms with Gasteiger partial charge in [-0.2, -0.15) is 0 Å². The van der Waals surface area contributed by atoms with Gasteiger partial charge in [0.05, 0.1) is 6.04 Å². The van der Waals surface area contributed by atoms with Gasteiger partial charge in [0.1, 0.15) is 0 Å². The van der Waals surface area contributed by atoms with Crippen LogP contribution in [0, 0.1) is 5.92 Å². The van der Waals surface area contributed by atoms with E-state index in [0.29, 0.717) is 5.91 Å². The zero-order valence-electron chi connectivity index (χ0n) is 11.6. The molecule has 6 nitrogen and oxygen atoms in total. The molecule has 19 heavy (non-hydrogen) atoms. The first kappa shape index (κ1) is 14.1. The monoisotopic (exact) mass is 268 g/mol. The number of hydrogen-bond donors (Lipinski definition) is 2. The van der Waals surface area contributed by atoms with E-state index in [2.05, 4.69) is 10.1 Å². The summed E-state index contributed by atoms with van der Waals surface area (Å²) in [6, 6.07) is -0.0752. The smallest absolute Gasteiger partial charge is 0.225 e. The highest BCUT2D eigenvalue weighted by atomic mass is 16.4. The van der Waals surface area contributed by atoms with Crippen molar-refractivity contribution in [1.82, 2.24) is 9.80 Å². The van der Waals surface area contributed by atoms with Crippen molar-refractivity contribution < 1.29 is 10.0 Å². The lowest BCUT2D eigenvalue weighted by molar-refractivity contribution is -0.137. The average Bonchev–Trinajstić information content (AvgIpc) is 2.99. The van der Waals surface area contributed by atoms with Crippen LogP contribution in [-0.2, 0) is 4.79 Å². The molecule has 108 valence electrons. The van der Waals surface area contributed by atoms with Crippen molar-refractivity contribution in [3.8, 4) is 0 Å². The Morgan fingerprint density at radius 3 is 2.37 bits per heavy atom. The number of carbonyl (C=O) groups is 1. The van der Waals surface area contributed by atoms with Gasteiger partial charge in [-0.15, -0.1) is 0 Å². The molecule has 2 rings (SSSR count). The van der Waals surface area contributed by atoms with Gasteiger partial charge in [0.2, 0.25) is 5.91 Å². The van der Waals surface area contributed by atoms with Crippen LogP contribution in [-0.4, -0.2) is 59.0 Å². The number of rotatable bonds is 3. The van der Waals surface area contributed by atoms with E-state index in [9.17, 15) is 4.79 Å². The molecule has 0 spiro atoms. The third kappa shape index (κ3) is 3.18. The summed E-state index contributed by atoms with van der Waals surface area (Å²) in [6.07, 6.45) is 4.49. The minimum atomic E-state index is -0.0752. The van der Waals surface area contributed by atoms with Crippen LogP contribution in [0.1, 0.15) is 32.6 Å². The largest absolute Gasteiger partial charge is 0.409 e. The van der Waals surface area contributed by atoms with E-state index in [1.54, 1.807) is 0 Å². The fraction of sp³-hybridized carbons (Fsp3) is 0.846. The zero-order valence-corrected chi connectivity index (χ0v) is 11.6. The van der Waals surface area contributed by atoms with Crippen LogP contribution in [0.15, 0.2) is 5.16 Å². The molecule has 1 unspecified atom stereocenters. The highest BCUT2D eigenvalue weighted by Gasteiger charge is 2.30. The van der Waals surface area contributed by atoms with Crippen molar-refractivity contribution in [3.05, 3.63) is 0 Å². The van der Waals surface area contributed by atoms with Crippen LogP contribution in [0.3, 0.4) is 0 Å². The molecular weight excluding hydrogens is 244 g/mol. The molecule has 0 aromatic heterocycles. The van der Waals surface area contributed by atoms with Crippen molar-refractivity contribution in [2.45, 2.75) is 38.6 Å². The highest BCUT2D eigenvalue weighted by Crippen LogP contribution is 2.27. The lowest BCUT2D eigenvalue weighted by Gasteiger charge is -2.38. The summed E-state index contributed by atoms with van der Waals surface area (Å²) >= 11 is 0. The number of carbonyl (C=O) groups excluding carboxylic acids is 1. The van der Waals surface area contributed by atoms with Gasteiger partial charge >= 0.3 is 0 Å². The Kier molecular flexibility index (Phi) is 4.63. The summed E-state index contributed by atoms with van der Waals surface area (Å²) in [5, 5.41) is 11.7. The number of hydrogen-bond acceptors (Lipinski definition) is 4. The number of nitrogens with zero attached hydrogens (tertiary/aromatic N) is 3. The van der Waals surface area contributed by atoms with Crippen LogP contribution in [0.2, 0.25) is 0 Å². The van der Waals surface area contributed by atoms with E-state index in [0.717, 1.165) is 39.0 Å². The molecule has 0 radical (unpaired) electrons. The van der Waals surface area contributed by atoms with Crippen molar-refractivity contribution in [1.29, 1.82) is 0 Å². The van der Waals surface area contributed by atoms with Crippen LogP contribution >= 0.6 is 0 Å². The first-order valence-electron chi connectivity index (χ1n) is 7.13. The second-order valence-electron chi connectivity index (χ2n) is 5.54. The standard InChI is InChI=1S/C13H24N4O2/c1-10(12(14)15-19)16-6-8-17(9-7-16)13(18)11-4-2-3-5-11/h10-11,19H,2-9H2,1H3,(H2,14,15). The Balaban J connectivity index is 1.83. The quantitative estimate of drug-likeness (QED) is 0.337. The van der Waals surface area contributed by atoms with Gasteiger partial charge in [0.25, 0.3) is 0 Å². The predicted octanol–water partition coefficient (Wildman–Crippen LogP) is 0.456. The van der Waals surface area contributed by atoms with Gasteiger partial charge in [-0.05, 0) is 19.8 Å². The minimum absolute atomic E-state index is 0.0752. The molecule has 1 atom stereocenters. The third-order valence-electron chi connectivity index (χ3n) is 4.42. The molecule has 1 aliphatic carbocycles. The van der Waals surface area contributed by atoms with Crippen LogP contribution < -0.4 is 5.73 Å². The molecule has 6 heteroatoms. The van der Waals surface area contributed by atoms with Crippen LogP contribution in [0.4, 0.5) is 0 Å². The number of nitrogens with two attached hydrogens (primary N) is 1. The van der Waals surface area contributed by atoms with Gasteiger partial charge in [-0.25, -0.2) is 0 Å². The zero-order chi connectivity index (χ0) is 13.8. The first-order valence-corrected chi connectivity index (χ1v) is 7.13. The molecule has 0 aromatic rings. The first-order chi connectivity index (χ1) is 9.13. The summed E-state index contributed by atoms with van der Waals surface area (Å²) in [5.74, 6) is 0.817. The Bertz CT molecular complexity index is 345. The predicted molar refractivity (Wildman–Crippen MR) is 73.0 cm³/mol. The topological polar surface area (TPSA) is 82.2 Å². The average molecular weight is 268 g/mol. The van der Waals surface area contributed by atoms with E-state index in [-0.39, 0.29) is 17.8 Å². The molecule has 2 aliphatic rings. The number of piperazine rings is 1. The molecule has 3 N–H and O–H groups in total. The van der Waals surface area contributed by atoms with Crippen molar-refractivity contribution in [2.75, 3.05) is 26.2 Å². The molecule has 0 aromatic carbocycles. The van der Waals surface area contributed by atoms with E-state index < -0.39 is 0 Å². The Hall–Kier alpha value is -1.30. The maximum Gasteiger partial charge on any atom is 0.225 e. The van der Waals surface area contributed by atoms with Gasteiger partial charge in [-0.3, -0.25) is 9.69 Å². The van der Waals surface area contributed by atoms with Gasteiger partial charge in [0.15, 0.2) is 5.84 Å². The Labute approximate surface area is 114 Å². The molecule has 0 bridgehead atoms. The summed E-state index contributed by atoms with van der Waals surface area (Å²) in [7, 11) is 0. The summed E-state index contributed by atoms with van der Waals surface area (Å²) in [5.41, 5.74) is 5.62. The molecule has 2 fully saturated rings. The molecule has 1 saturated carbocycles. The van der Waals surface area contributed by atoms with Crippen LogP contribution in [0.5, 0.6) is 0 Å². The number of amidine groups is 1. The maximum atomic E-state index is 12.3. The summed E-state index contributed by atoms with van der Waals surface area (Å²) < 4.78 is 0. The van der Waals surface area contributed by atoms with Gasteiger partial charge in [0, 0.05) is 32.1 Å². The van der Waals surface area contributed by atoms with E-state index in [1.807, 2.05) is 11.8 Å². The van der Waals surface area contributed by atoms with Crippen molar-refractivity contribution in [2.24, 2.45) is 16.8 Å². The van der Waals surface area contributed by atoms with E-state index in [1.165, 1.54) is 12.8 Å². The molecule has 1 heterocycles. The van der Waals surface area contributed by atoms with E-state index in [4.69, 9.17) is 10.9 Å².